The molecule has 2 atom stereocenters. The fourth-order valence-corrected chi connectivity index (χ4v) is 5.38. The summed E-state index contributed by atoms with van der Waals surface area (Å²) >= 11 is 0. The summed E-state index contributed by atoms with van der Waals surface area (Å²) in [6, 6.07) is 15.5. The zero-order valence-electron chi connectivity index (χ0n) is 20.7. The number of amides is 1. The lowest BCUT2D eigenvalue weighted by Gasteiger charge is -2.42. The molecule has 0 aromatic heterocycles. The fraction of sp³-hybridized carbons (Fsp3) is 0.607. The average molecular weight is 438 g/mol. The van der Waals surface area contributed by atoms with Gasteiger partial charge in [-0.2, -0.15) is 0 Å². The van der Waals surface area contributed by atoms with Crippen LogP contribution in [0, 0.1) is 5.92 Å². The van der Waals surface area contributed by atoms with Gasteiger partial charge in [0.2, 0.25) is 5.91 Å². The van der Waals surface area contributed by atoms with Gasteiger partial charge in [0.25, 0.3) is 0 Å². The normalized spacial score (nSPS) is 17.5. The predicted octanol–water partition coefficient (Wildman–Crippen LogP) is 5.07. The first-order valence-electron chi connectivity index (χ1n) is 12.7. The number of likely N-dealkylation sites (N-methyl/N-ethyl adjacent to an activating group) is 1. The Balaban J connectivity index is 1.95. The van der Waals surface area contributed by atoms with Crippen molar-refractivity contribution in [1.82, 2.24) is 15.1 Å². The molecule has 4 nitrogen and oxygen atoms in total. The molecule has 1 fully saturated rings. The van der Waals surface area contributed by atoms with Crippen LogP contribution in [0.4, 0.5) is 0 Å². The number of hydrogen-bond donors (Lipinski definition) is 1. The van der Waals surface area contributed by atoms with Crippen LogP contribution in [0.1, 0.15) is 58.9 Å². The van der Waals surface area contributed by atoms with E-state index in [2.05, 4.69) is 85.3 Å². The molecule has 3 rings (SSSR count). The van der Waals surface area contributed by atoms with Crippen LogP contribution in [0.25, 0.3) is 10.8 Å². The van der Waals surface area contributed by atoms with Gasteiger partial charge in [-0.05, 0) is 74.2 Å². The molecule has 1 heterocycles. The minimum Gasteiger partial charge on any atom is -0.354 e. The van der Waals surface area contributed by atoms with Gasteiger partial charge in [0.05, 0.1) is 6.54 Å². The van der Waals surface area contributed by atoms with Crippen LogP contribution in [0.3, 0.4) is 0 Å². The first-order chi connectivity index (χ1) is 15.5. The van der Waals surface area contributed by atoms with Crippen molar-refractivity contribution < 1.29 is 4.79 Å². The third-order valence-electron chi connectivity index (χ3n) is 7.82. The first-order valence-corrected chi connectivity index (χ1v) is 12.7. The van der Waals surface area contributed by atoms with Crippen LogP contribution in [0.2, 0.25) is 0 Å². The van der Waals surface area contributed by atoms with Gasteiger partial charge in [-0.15, -0.1) is 0 Å². The summed E-state index contributed by atoms with van der Waals surface area (Å²) in [5.74, 6) is 0.604. The Morgan fingerprint density at radius 2 is 1.75 bits per heavy atom. The molecule has 2 aromatic rings. The summed E-state index contributed by atoms with van der Waals surface area (Å²) in [6.45, 7) is 15.4. The minimum absolute atomic E-state index is 0.0862. The SMILES string of the molecule is CCC(C)C(CCN1CCCC1)(CNC(=O)CN(CC)CC)c1cccc2ccccc12. The van der Waals surface area contributed by atoms with Crippen molar-refractivity contribution in [3.05, 3.63) is 48.0 Å². The molecular weight excluding hydrogens is 394 g/mol. The van der Waals surface area contributed by atoms with Crippen molar-refractivity contribution in [3.8, 4) is 0 Å². The van der Waals surface area contributed by atoms with Gasteiger partial charge in [0, 0.05) is 12.0 Å². The van der Waals surface area contributed by atoms with E-state index in [4.69, 9.17) is 0 Å². The number of likely N-dealkylation sites (tertiary alicyclic amines) is 1. The summed E-state index contributed by atoms with van der Waals surface area (Å²) in [5, 5.41) is 5.99. The Kier molecular flexibility index (Phi) is 9.12. The van der Waals surface area contributed by atoms with Gasteiger partial charge in [-0.25, -0.2) is 0 Å². The Bertz CT molecular complexity index is 851. The number of fused-ring (bicyclic) bond motifs is 1. The van der Waals surface area contributed by atoms with E-state index in [1.807, 2.05) is 0 Å². The number of nitrogens with one attached hydrogen (secondary N) is 1. The molecule has 1 amide bonds. The van der Waals surface area contributed by atoms with E-state index >= 15 is 0 Å². The fourth-order valence-electron chi connectivity index (χ4n) is 5.38. The summed E-state index contributed by atoms with van der Waals surface area (Å²) < 4.78 is 0. The van der Waals surface area contributed by atoms with Crippen LogP contribution < -0.4 is 5.32 Å². The number of carbonyl (C=O) groups is 1. The largest absolute Gasteiger partial charge is 0.354 e. The van der Waals surface area contributed by atoms with Gasteiger partial charge >= 0.3 is 0 Å². The summed E-state index contributed by atoms with van der Waals surface area (Å²) in [4.78, 5) is 17.7. The number of rotatable bonds is 12. The molecule has 1 N–H and O–H groups in total. The molecule has 4 heteroatoms. The van der Waals surface area contributed by atoms with Gasteiger partial charge in [-0.1, -0.05) is 76.6 Å². The first kappa shape index (κ1) is 24.7. The van der Waals surface area contributed by atoms with Crippen molar-refractivity contribution in [3.63, 3.8) is 0 Å². The van der Waals surface area contributed by atoms with Crippen molar-refractivity contribution in [2.75, 3.05) is 45.8 Å². The molecule has 2 unspecified atom stereocenters. The van der Waals surface area contributed by atoms with E-state index in [1.54, 1.807) is 0 Å². The molecule has 32 heavy (non-hydrogen) atoms. The number of nitrogens with zero attached hydrogens (tertiary/aromatic N) is 2. The highest BCUT2D eigenvalue weighted by Crippen LogP contribution is 2.41. The smallest absolute Gasteiger partial charge is 0.234 e. The van der Waals surface area contributed by atoms with Crippen molar-refractivity contribution in [1.29, 1.82) is 0 Å². The zero-order chi connectivity index (χ0) is 23.0. The predicted molar refractivity (Wildman–Crippen MR) is 136 cm³/mol. The topological polar surface area (TPSA) is 35.6 Å². The third kappa shape index (κ3) is 5.71. The molecule has 1 aliphatic heterocycles. The van der Waals surface area contributed by atoms with Crippen LogP contribution in [0.15, 0.2) is 42.5 Å². The highest BCUT2D eigenvalue weighted by molar-refractivity contribution is 5.87. The van der Waals surface area contributed by atoms with E-state index in [0.717, 1.165) is 32.5 Å². The van der Waals surface area contributed by atoms with Crippen molar-refractivity contribution in [2.45, 2.75) is 58.8 Å². The molecular formula is C28H43N3O. The van der Waals surface area contributed by atoms with Crippen LogP contribution >= 0.6 is 0 Å². The van der Waals surface area contributed by atoms with Gasteiger partial charge < -0.3 is 10.2 Å². The van der Waals surface area contributed by atoms with E-state index in [9.17, 15) is 4.79 Å². The molecule has 0 bridgehead atoms. The van der Waals surface area contributed by atoms with Gasteiger partial charge in [0.1, 0.15) is 0 Å². The van der Waals surface area contributed by atoms with E-state index in [1.165, 1.54) is 42.3 Å². The maximum Gasteiger partial charge on any atom is 0.234 e. The Hall–Kier alpha value is -1.91. The standard InChI is InChI=1S/C28H43N3O/c1-5-23(4)28(17-20-31-18-10-11-19-31,22-29-27(32)21-30(6-2)7-3)26-16-12-14-24-13-8-9-15-25(24)26/h8-9,12-16,23H,5-7,10-11,17-22H2,1-4H3,(H,29,32). The lowest BCUT2D eigenvalue weighted by atomic mass is 9.66. The van der Waals surface area contributed by atoms with Gasteiger partial charge in [-0.3, -0.25) is 9.69 Å². The van der Waals surface area contributed by atoms with E-state index in [-0.39, 0.29) is 11.3 Å². The summed E-state index contributed by atoms with van der Waals surface area (Å²) in [7, 11) is 0. The Morgan fingerprint density at radius 1 is 1.06 bits per heavy atom. The molecule has 1 saturated heterocycles. The Morgan fingerprint density at radius 3 is 2.44 bits per heavy atom. The van der Waals surface area contributed by atoms with Crippen LogP contribution in [0.5, 0.6) is 0 Å². The summed E-state index contributed by atoms with van der Waals surface area (Å²) in [5.41, 5.74) is 1.31. The van der Waals surface area contributed by atoms with Crippen molar-refractivity contribution >= 4 is 16.7 Å². The quantitative estimate of drug-likeness (QED) is 0.504. The minimum atomic E-state index is -0.0862. The van der Waals surface area contributed by atoms with E-state index < -0.39 is 0 Å². The maximum atomic E-state index is 12.9. The molecule has 176 valence electrons. The number of hydrogen-bond acceptors (Lipinski definition) is 3. The third-order valence-corrected chi connectivity index (χ3v) is 7.82. The molecule has 0 aliphatic carbocycles. The zero-order valence-corrected chi connectivity index (χ0v) is 20.7. The monoisotopic (exact) mass is 437 g/mol. The lowest BCUT2D eigenvalue weighted by molar-refractivity contribution is -0.122. The number of carbonyl (C=O) groups excluding carboxylic acids is 1. The number of benzene rings is 2. The molecule has 0 saturated carbocycles. The molecule has 0 spiro atoms. The molecule has 2 aromatic carbocycles. The highest BCUT2D eigenvalue weighted by Gasteiger charge is 2.39. The Labute approximate surface area is 195 Å². The van der Waals surface area contributed by atoms with Crippen molar-refractivity contribution in [2.24, 2.45) is 5.92 Å². The average Bonchev–Trinajstić information content (AvgIpc) is 3.36. The second kappa shape index (κ2) is 11.8. The summed E-state index contributed by atoms with van der Waals surface area (Å²) in [6.07, 6.45) is 4.78. The van der Waals surface area contributed by atoms with Gasteiger partial charge in [0.15, 0.2) is 0 Å². The lowest BCUT2D eigenvalue weighted by Crippen LogP contribution is -2.49. The molecule has 0 radical (unpaired) electrons. The van der Waals surface area contributed by atoms with Crippen LogP contribution in [-0.2, 0) is 10.2 Å². The maximum absolute atomic E-state index is 12.9. The highest BCUT2D eigenvalue weighted by atomic mass is 16.2. The van der Waals surface area contributed by atoms with Crippen LogP contribution in [-0.4, -0.2) is 61.5 Å². The van der Waals surface area contributed by atoms with E-state index in [0.29, 0.717) is 19.0 Å². The second-order valence-corrected chi connectivity index (χ2v) is 9.53. The second-order valence-electron chi connectivity index (χ2n) is 9.53. The molecule has 1 aliphatic rings.